The van der Waals surface area contributed by atoms with Crippen LogP contribution in [0.2, 0.25) is 0 Å². The molecule has 1 fully saturated rings. The Morgan fingerprint density at radius 1 is 1.21 bits per heavy atom. The zero-order valence-electron chi connectivity index (χ0n) is 8.09. The first-order chi connectivity index (χ1) is 6.86. The lowest BCUT2D eigenvalue weighted by Gasteiger charge is -2.27. The summed E-state index contributed by atoms with van der Waals surface area (Å²) in [6, 6.07) is 5.37. The maximum absolute atomic E-state index is 13.7. The zero-order valence-corrected chi connectivity index (χ0v) is 8.09. The number of anilines is 1. The van der Waals surface area contributed by atoms with Crippen molar-refractivity contribution in [1.29, 1.82) is 0 Å². The minimum atomic E-state index is -0.0217. The van der Waals surface area contributed by atoms with Gasteiger partial charge in [0.1, 0.15) is 5.82 Å². The Kier molecular flexibility index (Phi) is 1.76. The molecule has 0 aromatic heterocycles. The predicted octanol–water partition coefficient (Wildman–Crippen LogP) is 3.13. The van der Waals surface area contributed by atoms with Crippen LogP contribution in [0.3, 0.4) is 0 Å². The minimum Gasteiger partial charge on any atom is -0.385 e. The molecule has 0 saturated heterocycles. The van der Waals surface area contributed by atoms with Crippen LogP contribution in [0.1, 0.15) is 30.7 Å². The van der Waals surface area contributed by atoms with Crippen molar-refractivity contribution in [2.75, 3.05) is 11.9 Å². The lowest BCUT2D eigenvalue weighted by atomic mass is 9.87. The molecule has 1 heterocycles. The molecule has 0 bridgehead atoms. The van der Waals surface area contributed by atoms with Crippen LogP contribution < -0.4 is 5.32 Å². The molecule has 1 N–H and O–H groups in total. The summed E-state index contributed by atoms with van der Waals surface area (Å²) in [5.74, 6) is 1.21. The second kappa shape index (κ2) is 2.97. The van der Waals surface area contributed by atoms with Crippen LogP contribution in [-0.4, -0.2) is 6.54 Å². The van der Waals surface area contributed by atoms with E-state index in [0.717, 1.165) is 30.1 Å². The number of benzene rings is 1. The van der Waals surface area contributed by atoms with Gasteiger partial charge >= 0.3 is 0 Å². The Morgan fingerprint density at radius 3 is 2.86 bits per heavy atom. The van der Waals surface area contributed by atoms with Crippen LogP contribution in [0.5, 0.6) is 0 Å². The number of rotatable bonds is 1. The third kappa shape index (κ3) is 1.21. The van der Waals surface area contributed by atoms with E-state index in [-0.39, 0.29) is 5.82 Å². The first kappa shape index (κ1) is 8.27. The van der Waals surface area contributed by atoms with Gasteiger partial charge in [0.25, 0.3) is 0 Å². The third-order valence-corrected chi connectivity index (χ3v) is 3.39. The molecule has 0 spiro atoms. The molecule has 1 unspecified atom stereocenters. The van der Waals surface area contributed by atoms with Crippen LogP contribution in [0.4, 0.5) is 10.1 Å². The highest BCUT2D eigenvalue weighted by Crippen LogP contribution is 2.48. The molecule has 2 aliphatic rings. The van der Waals surface area contributed by atoms with Crippen LogP contribution >= 0.6 is 0 Å². The second-order valence-electron chi connectivity index (χ2n) is 4.36. The summed E-state index contributed by atoms with van der Waals surface area (Å²) < 4.78 is 13.7. The largest absolute Gasteiger partial charge is 0.385 e. The molecule has 1 nitrogen and oxygen atoms in total. The van der Waals surface area contributed by atoms with Gasteiger partial charge in [0.15, 0.2) is 0 Å². The number of hydrogen-bond donors (Lipinski definition) is 1. The predicted molar refractivity (Wildman–Crippen MR) is 55.0 cm³/mol. The molecule has 0 amide bonds. The highest BCUT2D eigenvalue weighted by molar-refractivity contribution is 5.55. The zero-order chi connectivity index (χ0) is 9.54. The SMILES string of the molecule is Fc1cccc2c1C(C1CC1)CCN2. The van der Waals surface area contributed by atoms with Crippen molar-refractivity contribution < 1.29 is 4.39 Å². The summed E-state index contributed by atoms with van der Waals surface area (Å²) >= 11 is 0. The highest BCUT2D eigenvalue weighted by Gasteiger charge is 2.36. The van der Waals surface area contributed by atoms with Crippen molar-refractivity contribution in [3.63, 3.8) is 0 Å². The summed E-state index contributed by atoms with van der Waals surface area (Å²) in [6.45, 7) is 0.998. The molecule has 1 aliphatic carbocycles. The molecule has 0 radical (unpaired) electrons. The molecule has 1 aromatic rings. The normalized spacial score (nSPS) is 25.4. The van der Waals surface area contributed by atoms with E-state index in [4.69, 9.17) is 0 Å². The molecule has 14 heavy (non-hydrogen) atoms. The Bertz CT molecular complexity index is 357. The molecular weight excluding hydrogens is 177 g/mol. The molecule has 1 aliphatic heterocycles. The van der Waals surface area contributed by atoms with Gasteiger partial charge in [-0.05, 0) is 43.2 Å². The topological polar surface area (TPSA) is 12.0 Å². The van der Waals surface area contributed by atoms with Crippen molar-refractivity contribution in [3.05, 3.63) is 29.6 Å². The summed E-state index contributed by atoms with van der Waals surface area (Å²) in [5, 5.41) is 3.28. The first-order valence-electron chi connectivity index (χ1n) is 5.38. The number of nitrogens with one attached hydrogen (secondary N) is 1. The standard InChI is InChI=1S/C12H14FN/c13-10-2-1-3-11-12(10)9(6-7-14-11)8-4-5-8/h1-3,8-9,14H,4-7H2. The first-order valence-corrected chi connectivity index (χ1v) is 5.38. The minimum absolute atomic E-state index is 0.0217. The Labute approximate surface area is 83.3 Å². The van der Waals surface area contributed by atoms with Gasteiger partial charge < -0.3 is 5.32 Å². The molecule has 2 heteroatoms. The van der Waals surface area contributed by atoms with E-state index in [1.165, 1.54) is 12.8 Å². The summed E-state index contributed by atoms with van der Waals surface area (Å²) in [6.07, 6.45) is 3.68. The Hall–Kier alpha value is -1.05. The quantitative estimate of drug-likeness (QED) is 0.719. The van der Waals surface area contributed by atoms with Crippen molar-refractivity contribution in [2.24, 2.45) is 5.92 Å². The van der Waals surface area contributed by atoms with Crippen LogP contribution in [0, 0.1) is 11.7 Å². The van der Waals surface area contributed by atoms with E-state index in [0.29, 0.717) is 5.92 Å². The fraction of sp³-hybridized carbons (Fsp3) is 0.500. The number of fused-ring (bicyclic) bond motifs is 1. The van der Waals surface area contributed by atoms with Crippen LogP contribution in [0.15, 0.2) is 18.2 Å². The van der Waals surface area contributed by atoms with Crippen LogP contribution in [-0.2, 0) is 0 Å². The summed E-state index contributed by atoms with van der Waals surface area (Å²) in [7, 11) is 0. The number of halogens is 1. The maximum Gasteiger partial charge on any atom is 0.128 e. The summed E-state index contributed by atoms with van der Waals surface area (Å²) in [4.78, 5) is 0. The molecule has 1 atom stereocenters. The van der Waals surface area contributed by atoms with E-state index in [1.54, 1.807) is 12.1 Å². The Balaban J connectivity index is 2.07. The van der Waals surface area contributed by atoms with Crippen molar-refractivity contribution in [2.45, 2.75) is 25.2 Å². The number of hydrogen-bond acceptors (Lipinski definition) is 1. The molecule has 1 saturated carbocycles. The molecular formula is C12H14FN. The lowest BCUT2D eigenvalue weighted by molar-refractivity contribution is 0.514. The fourth-order valence-electron chi connectivity index (χ4n) is 2.54. The maximum atomic E-state index is 13.7. The second-order valence-corrected chi connectivity index (χ2v) is 4.36. The van der Waals surface area contributed by atoms with E-state index >= 15 is 0 Å². The lowest BCUT2D eigenvalue weighted by Crippen LogP contribution is -2.19. The van der Waals surface area contributed by atoms with E-state index in [9.17, 15) is 4.39 Å². The van der Waals surface area contributed by atoms with E-state index < -0.39 is 0 Å². The van der Waals surface area contributed by atoms with Gasteiger partial charge in [-0.15, -0.1) is 0 Å². The molecule has 74 valence electrons. The van der Waals surface area contributed by atoms with Gasteiger partial charge in [-0.2, -0.15) is 0 Å². The third-order valence-electron chi connectivity index (χ3n) is 3.39. The average Bonchev–Trinajstić information content (AvgIpc) is 3.01. The van der Waals surface area contributed by atoms with Crippen LogP contribution in [0.25, 0.3) is 0 Å². The molecule has 1 aromatic carbocycles. The van der Waals surface area contributed by atoms with Gasteiger partial charge in [0, 0.05) is 17.8 Å². The van der Waals surface area contributed by atoms with E-state index in [1.807, 2.05) is 6.07 Å². The monoisotopic (exact) mass is 191 g/mol. The molecule has 3 rings (SSSR count). The summed E-state index contributed by atoms with van der Waals surface area (Å²) in [5.41, 5.74) is 1.97. The van der Waals surface area contributed by atoms with Gasteiger partial charge in [0.2, 0.25) is 0 Å². The van der Waals surface area contributed by atoms with Gasteiger partial charge in [-0.3, -0.25) is 0 Å². The van der Waals surface area contributed by atoms with Gasteiger partial charge in [-0.1, -0.05) is 6.07 Å². The van der Waals surface area contributed by atoms with Gasteiger partial charge in [0.05, 0.1) is 0 Å². The van der Waals surface area contributed by atoms with Gasteiger partial charge in [-0.25, -0.2) is 4.39 Å². The smallest absolute Gasteiger partial charge is 0.128 e. The highest BCUT2D eigenvalue weighted by atomic mass is 19.1. The fourth-order valence-corrected chi connectivity index (χ4v) is 2.54. The average molecular weight is 191 g/mol. The van der Waals surface area contributed by atoms with E-state index in [2.05, 4.69) is 5.32 Å². The van der Waals surface area contributed by atoms with Crippen molar-refractivity contribution >= 4 is 5.69 Å². The Morgan fingerprint density at radius 2 is 2.07 bits per heavy atom. The van der Waals surface area contributed by atoms with Crippen molar-refractivity contribution in [1.82, 2.24) is 0 Å². The van der Waals surface area contributed by atoms with Crippen molar-refractivity contribution in [3.8, 4) is 0 Å².